The van der Waals surface area contributed by atoms with Gasteiger partial charge in [-0.3, -0.25) is 14.4 Å². The van der Waals surface area contributed by atoms with Crippen LogP contribution < -0.4 is 5.32 Å². The molecule has 10 heteroatoms. The molecule has 1 aliphatic heterocycles. The monoisotopic (exact) mass is 467 g/mol. The molecule has 33 heavy (non-hydrogen) atoms. The Morgan fingerprint density at radius 1 is 1.15 bits per heavy atom. The number of hydrogen-bond donors (Lipinski definition) is 2. The summed E-state index contributed by atoms with van der Waals surface area (Å²) in [7, 11) is -1.53. The van der Waals surface area contributed by atoms with E-state index in [1.807, 2.05) is 0 Å². The number of hydrogen-bond acceptors (Lipinski definition) is 7. The van der Waals surface area contributed by atoms with E-state index >= 15 is 0 Å². The van der Waals surface area contributed by atoms with Crippen LogP contribution in [-0.2, 0) is 15.5 Å². The first-order valence-electron chi connectivity index (χ1n) is 10.2. The lowest BCUT2D eigenvalue weighted by molar-refractivity contribution is 0.0303. The average Bonchev–Trinajstić information content (AvgIpc) is 2.84. The Morgan fingerprint density at radius 3 is 2.52 bits per heavy atom. The number of benzene rings is 2. The highest BCUT2D eigenvalue weighted by Gasteiger charge is 2.21. The minimum absolute atomic E-state index is 0.0918. The molecule has 0 radical (unpaired) electrons. The smallest absolute Gasteiger partial charge is 0.254 e. The van der Waals surface area contributed by atoms with Crippen molar-refractivity contribution in [1.82, 2.24) is 14.9 Å². The Balaban J connectivity index is 1.64. The van der Waals surface area contributed by atoms with Crippen LogP contribution in [0, 0.1) is 11.2 Å². The number of amides is 1. The molecule has 0 saturated carbocycles. The molecule has 2 aromatic carbocycles. The lowest BCUT2D eigenvalue weighted by Gasteiger charge is -2.27. The van der Waals surface area contributed by atoms with Crippen molar-refractivity contribution in [2.45, 2.75) is 0 Å². The molecule has 0 bridgehead atoms. The van der Waals surface area contributed by atoms with Gasteiger partial charge in [-0.25, -0.2) is 14.4 Å². The van der Waals surface area contributed by atoms with Gasteiger partial charge in [0.15, 0.2) is 0 Å². The van der Waals surface area contributed by atoms with Crippen molar-refractivity contribution in [2.24, 2.45) is 0 Å². The third kappa shape index (κ3) is 5.12. The number of anilines is 2. The number of morpholine rings is 1. The molecule has 1 amide bonds. The summed E-state index contributed by atoms with van der Waals surface area (Å²) in [6.45, 7) is 1.96. The minimum Gasteiger partial charge on any atom is -0.378 e. The molecule has 170 valence electrons. The van der Waals surface area contributed by atoms with Gasteiger partial charge in [0.05, 0.1) is 29.7 Å². The first kappa shape index (κ1) is 22.7. The molecule has 4 rings (SSSR count). The van der Waals surface area contributed by atoms with Crippen LogP contribution in [0.4, 0.5) is 16.0 Å². The minimum atomic E-state index is -1.53. The molecular weight excluding hydrogens is 445 g/mol. The van der Waals surface area contributed by atoms with Crippen LogP contribution in [0.5, 0.6) is 0 Å². The van der Waals surface area contributed by atoms with E-state index in [0.717, 1.165) is 0 Å². The van der Waals surface area contributed by atoms with Crippen molar-refractivity contribution in [3.05, 3.63) is 71.8 Å². The Hall–Kier alpha value is -3.50. The van der Waals surface area contributed by atoms with Gasteiger partial charge in [-0.15, -0.1) is 0 Å². The van der Waals surface area contributed by atoms with Crippen molar-refractivity contribution < 1.29 is 18.1 Å². The summed E-state index contributed by atoms with van der Waals surface area (Å²) >= 11 is 0. The maximum atomic E-state index is 14.0. The first-order chi connectivity index (χ1) is 15.9. The van der Waals surface area contributed by atoms with E-state index in [1.165, 1.54) is 24.7 Å². The van der Waals surface area contributed by atoms with Gasteiger partial charge in [-0.2, -0.15) is 0 Å². The van der Waals surface area contributed by atoms with E-state index in [2.05, 4.69) is 15.3 Å². The molecule has 1 saturated heterocycles. The SMILES string of the molecule is CS(=O)C(=N)c1ccc(C(=O)N2CCOCC2)cc1Nc1ncc(-c2ccccc2F)cn1. The molecule has 8 nitrogen and oxygen atoms in total. The summed E-state index contributed by atoms with van der Waals surface area (Å²) in [5.41, 5.74) is 2.06. The molecule has 0 spiro atoms. The van der Waals surface area contributed by atoms with Gasteiger partial charge in [0.2, 0.25) is 5.95 Å². The lowest BCUT2D eigenvalue weighted by Crippen LogP contribution is -2.40. The van der Waals surface area contributed by atoms with Crippen LogP contribution in [0.2, 0.25) is 0 Å². The summed E-state index contributed by atoms with van der Waals surface area (Å²) in [5.74, 6) is -0.341. The molecule has 0 aliphatic carbocycles. The number of ether oxygens (including phenoxy) is 1. The molecule has 1 fully saturated rings. The van der Waals surface area contributed by atoms with Crippen molar-refractivity contribution in [2.75, 3.05) is 37.9 Å². The molecule has 2 heterocycles. The van der Waals surface area contributed by atoms with Crippen molar-refractivity contribution in [3.63, 3.8) is 0 Å². The second kappa shape index (κ2) is 9.97. The molecule has 3 aromatic rings. The summed E-state index contributed by atoms with van der Waals surface area (Å²) in [4.78, 5) is 23.1. The fourth-order valence-corrected chi connectivity index (χ4v) is 3.92. The molecule has 2 N–H and O–H groups in total. The summed E-state index contributed by atoms with van der Waals surface area (Å²) < 4.78 is 31.3. The lowest BCUT2D eigenvalue weighted by atomic mass is 10.1. The molecule has 1 aliphatic rings. The molecule has 1 unspecified atom stereocenters. The van der Waals surface area contributed by atoms with Gasteiger partial charge in [0.1, 0.15) is 10.9 Å². The highest BCUT2D eigenvalue weighted by molar-refractivity contribution is 8.00. The van der Waals surface area contributed by atoms with Crippen molar-refractivity contribution >= 4 is 33.4 Å². The Kier molecular flexibility index (Phi) is 6.85. The number of carbonyl (C=O) groups is 1. The van der Waals surface area contributed by atoms with Crippen molar-refractivity contribution in [1.29, 1.82) is 5.41 Å². The fourth-order valence-electron chi connectivity index (χ4n) is 3.43. The van der Waals surface area contributed by atoms with Crippen LogP contribution in [-0.4, -0.2) is 62.6 Å². The van der Waals surface area contributed by atoms with Gasteiger partial charge in [0, 0.05) is 54.0 Å². The zero-order chi connectivity index (χ0) is 23.4. The Labute approximate surface area is 192 Å². The van der Waals surface area contributed by atoms with Crippen molar-refractivity contribution in [3.8, 4) is 11.1 Å². The van der Waals surface area contributed by atoms with Crippen LogP contribution in [0.25, 0.3) is 11.1 Å². The van der Waals surface area contributed by atoms with Gasteiger partial charge >= 0.3 is 0 Å². The maximum absolute atomic E-state index is 14.0. The van der Waals surface area contributed by atoms with Gasteiger partial charge in [-0.05, 0) is 24.3 Å². The summed E-state index contributed by atoms with van der Waals surface area (Å²) in [5, 5.41) is 11.1. The zero-order valence-electron chi connectivity index (χ0n) is 17.9. The summed E-state index contributed by atoms with van der Waals surface area (Å²) in [6.07, 6.45) is 4.39. The normalized spacial score (nSPS) is 14.5. The van der Waals surface area contributed by atoms with E-state index in [0.29, 0.717) is 54.2 Å². The van der Waals surface area contributed by atoms with E-state index in [-0.39, 0.29) is 22.7 Å². The zero-order valence-corrected chi connectivity index (χ0v) is 18.7. The Morgan fingerprint density at radius 2 is 1.85 bits per heavy atom. The number of nitrogens with one attached hydrogen (secondary N) is 2. The quantitative estimate of drug-likeness (QED) is 0.441. The highest BCUT2D eigenvalue weighted by atomic mass is 32.2. The molecule has 1 atom stereocenters. The van der Waals surface area contributed by atoms with Gasteiger partial charge in [-0.1, -0.05) is 18.2 Å². The number of carbonyl (C=O) groups excluding carboxylic acids is 1. The molecular formula is C23H22FN5O3S. The summed E-state index contributed by atoms with van der Waals surface area (Å²) in [6, 6.07) is 11.1. The Bertz CT molecular complexity index is 1210. The second-order valence-electron chi connectivity index (χ2n) is 7.35. The number of rotatable bonds is 5. The van der Waals surface area contributed by atoms with Gasteiger partial charge < -0.3 is 15.0 Å². The standard InChI is InChI=1S/C23H22FN5O3S/c1-33(31)21(25)18-7-6-15(22(30)29-8-10-32-11-9-29)12-20(18)28-23-26-13-16(14-27-23)17-4-2-3-5-19(17)24/h2-7,12-14,25H,8-11H2,1H3,(H,26,27,28). The van der Waals surface area contributed by atoms with E-state index < -0.39 is 10.8 Å². The van der Waals surface area contributed by atoms with Crippen LogP contribution >= 0.6 is 0 Å². The second-order valence-corrected chi connectivity index (χ2v) is 8.66. The number of nitrogens with zero attached hydrogens (tertiary/aromatic N) is 3. The highest BCUT2D eigenvalue weighted by Crippen LogP contribution is 2.25. The largest absolute Gasteiger partial charge is 0.378 e. The van der Waals surface area contributed by atoms with E-state index in [1.54, 1.807) is 41.3 Å². The van der Waals surface area contributed by atoms with Crippen LogP contribution in [0.15, 0.2) is 54.9 Å². The van der Waals surface area contributed by atoms with E-state index in [4.69, 9.17) is 10.1 Å². The number of aromatic nitrogens is 2. The number of halogens is 1. The van der Waals surface area contributed by atoms with Crippen LogP contribution in [0.3, 0.4) is 0 Å². The van der Waals surface area contributed by atoms with Gasteiger partial charge in [0.25, 0.3) is 5.91 Å². The predicted molar refractivity (Wildman–Crippen MR) is 125 cm³/mol. The van der Waals surface area contributed by atoms with E-state index in [9.17, 15) is 13.4 Å². The predicted octanol–water partition coefficient (Wildman–Crippen LogP) is 3.20. The third-order valence-corrected chi connectivity index (χ3v) is 5.97. The topological polar surface area (TPSA) is 108 Å². The van der Waals surface area contributed by atoms with Crippen LogP contribution in [0.1, 0.15) is 15.9 Å². The molecule has 1 aromatic heterocycles. The first-order valence-corrected chi connectivity index (χ1v) is 11.8. The maximum Gasteiger partial charge on any atom is 0.254 e. The third-order valence-electron chi connectivity index (χ3n) is 5.18. The average molecular weight is 468 g/mol. The fraction of sp³-hybridized carbons (Fsp3) is 0.217.